The standard InChI is InChI=1S/C21H37NO2/c1-14(2)18-11-16-5-6-17(12-18)21(16)24-19-7-9-22(10-8-19)13-20(23)15(3)4/h14-19,21H,5-13H2,1-4H3/t16-,17+,18?,21?. The minimum atomic E-state index is 0.158. The predicted molar refractivity (Wildman–Crippen MR) is 98.0 cm³/mol. The second-order valence-electron chi connectivity index (χ2n) is 9.27. The first kappa shape index (κ1) is 18.4. The number of carbonyl (C=O) groups excluding carboxylic acids is 1. The average molecular weight is 336 g/mol. The topological polar surface area (TPSA) is 29.5 Å². The van der Waals surface area contributed by atoms with Gasteiger partial charge in [-0.25, -0.2) is 0 Å². The molecule has 138 valence electrons. The third kappa shape index (κ3) is 4.22. The van der Waals surface area contributed by atoms with Crippen LogP contribution in [0.15, 0.2) is 0 Å². The molecule has 3 nitrogen and oxygen atoms in total. The number of hydrogen-bond donors (Lipinski definition) is 0. The molecule has 0 spiro atoms. The Morgan fingerprint density at radius 2 is 1.58 bits per heavy atom. The molecule has 3 fully saturated rings. The molecule has 0 aromatic carbocycles. The molecule has 1 aliphatic heterocycles. The van der Waals surface area contributed by atoms with Crippen molar-refractivity contribution in [2.24, 2.45) is 29.6 Å². The molecule has 0 aromatic heterocycles. The Morgan fingerprint density at radius 3 is 2.08 bits per heavy atom. The van der Waals surface area contributed by atoms with Crippen molar-refractivity contribution in [3.8, 4) is 0 Å². The van der Waals surface area contributed by atoms with Gasteiger partial charge in [-0.3, -0.25) is 9.69 Å². The second-order valence-corrected chi connectivity index (χ2v) is 9.27. The van der Waals surface area contributed by atoms with E-state index in [0.717, 1.165) is 49.6 Å². The molecule has 1 heterocycles. The van der Waals surface area contributed by atoms with Crippen LogP contribution in [-0.2, 0) is 9.53 Å². The fourth-order valence-electron chi connectivity index (χ4n) is 5.11. The Kier molecular flexibility index (Phi) is 6.02. The first-order valence-corrected chi connectivity index (χ1v) is 10.3. The first-order valence-electron chi connectivity index (χ1n) is 10.3. The molecule has 0 amide bonds. The van der Waals surface area contributed by atoms with Crippen LogP contribution in [-0.4, -0.2) is 42.5 Å². The van der Waals surface area contributed by atoms with Gasteiger partial charge in [-0.15, -0.1) is 0 Å². The lowest BCUT2D eigenvalue weighted by molar-refractivity contribution is -0.125. The van der Waals surface area contributed by atoms with Gasteiger partial charge in [0.25, 0.3) is 0 Å². The van der Waals surface area contributed by atoms with E-state index >= 15 is 0 Å². The third-order valence-corrected chi connectivity index (χ3v) is 6.90. The van der Waals surface area contributed by atoms with Gasteiger partial charge in [0.05, 0.1) is 18.8 Å². The zero-order valence-corrected chi connectivity index (χ0v) is 16.2. The van der Waals surface area contributed by atoms with Crippen LogP contribution >= 0.6 is 0 Å². The number of hydrogen-bond acceptors (Lipinski definition) is 3. The van der Waals surface area contributed by atoms with Crippen molar-refractivity contribution in [2.75, 3.05) is 19.6 Å². The molecule has 0 N–H and O–H groups in total. The summed E-state index contributed by atoms with van der Waals surface area (Å²) in [6, 6.07) is 0. The second kappa shape index (κ2) is 7.86. The van der Waals surface area contributed by atoms with Crippen LogP contribution in [0.5, 0.6) is 0 Å². The maximum atomic E-state index is 11.9. The normalized spacial score (nSPS) is 35.1. The number of rotatable bonds is 6. The molecule has 2 bridgehead atoms. The van der Waals surface area contributed by atoms with Crippen LogP contribution < -0.4 is 0 Å². The Balaban J connectivity index is 1.45. The lowest BCUT2D eigenvalue weighted by Gasteiger charge is -2.40. The van der Waals surface area contributed by atoms with Gasteiger partial charge in [-0.1, -0.05) is 27.7 Å². The van der Waals surface area contributed by atoms with Gasteiger partial charge in [0.1, 0.15) is 5.78 Å². The molecule has 3 heteroatoms. The van der Waals surface area contributed by atoms with Crippen LogP contribution in [0.3, 0.4) is 0 Å². The zero-order valence-electron chi connectivity index (χ0n) is 16.2. The molecule has 2 unspecified atom stereocenters. The van der Waals surface area contributed by atoms with Gasteiger partial charge in [0.2, 0.25) is 0 Å². The van der Waals surface area contributed by atoms with Crippen LogP contribution in [0.25, 0.3) is 0 Å². The Hall–Kier alpha value is -0.410. The van der Waals surface area contributed by atoms with E-state index in [0.29, 0.717) is 24.5 Å². The van der Waals surface area contributed by atoms with Gasteiger partial charge >= 0.3 is 0 Å². The Morgan fingerprint density at radius 1 is 1.00 bits per heavy atom. The molecule has 3 aliphatic rings. The summed E-state index contributed by atoms with van der Waals surface area (Å²) < 4.78 is 6.64. The minimum Gasteiger partial charge on any atom is -0.374 e. The summed E-state index contributed by atoms with van der Waals surface area (Å²) in [4.78, 5) is 14.2. The number of nitrogens with zero attached hydrogens (tertiary/aromatic N) is 1. The first-order chi connectivity index (χ1) is 11.4. The summed E-state index contributed by atoms with van der Waals surface area (Å²) >= 11 is 0. The highest BCUT2D eigenvalue weighted by Crippen LogP contribution is 2.49. The van der Waals surface area contributed by atoms with E-state index in [1.165, 1.54) is 25.7 Å². The molecule has 2 saturated carbocycles. The minimum absolute atomic E-state index is 0.158. The lowest BCUT2D eigenvalue weighted by Crippen LogP contribution is -2.44. The number of Topliss-reactive ketones (excluding diaryl/α,β-unsaturated/α-hetero) is 1. The highest BCUT2D eigenvalue weighted by Gasteiger charge is 2.45. The van der Waals surface area contributed by atoms with Crippen LogP contribution in [0.2, 0.25) is 0 Å². The summed E-state index contributed by atoms with van der Waals surface area (Å²) in [5.74, 6) is 3.92. The molecule has 4 atom stereocenters. The molecular weight excluding hydrogens is 298 g/mol. The van der Waals surface area contributed by atoms with E-state index in [-0.39, 0.29) is 5.92 Å². The summed E-state index contributed by atoms with van der Waals surface area (Å²) in [6.45, 7) is 11.5. The molecular formula is C21H37NO2. The largest absolute Gasteiger partial charge is 0.374 e. The number of likely N-dealkylation sites (tertiary alicyclic amines) is 1. The molecule has 0 radical (unpaired) electrons. The molecule has 3 rings (SSSR count). The SMILES string of the molecule is CC(C)C(=O)CN1CCC(OC2[C@@H]3CC[C@H]2CC(C(C)C)C3)CC1. The summed E-state index contributed by atoms with van der Waals surface area (Å²) in [7, 11) is 0. The van der Waals surface area contributed by atoms with E-state index in [1.54, 1.807) is 0 Å². The Labute approximate surface area is 148 Å². The maximum Gasteiger partial charge on any atom is 0.149 e. The molecule has 1 saturated heterocycles. The van der Waals surface area contributed by atoms with Crippen LogP contribution in [0.4, 0.5) is 0 Å². The van der Waals surface area contributed by atoms with Crippen molar-refractivity contribution >= 4 is 5.78 Å². The summed E-state index contributed by atoms with van der Waals surface area (Å²) in [5.41, 5.74) is 0. The van der Waals surface area contributed by atoms with E-state index in [9.17, 15) is 4.79 Å². The van der Waals surface area contributed by atoms with E-state index in [2.05, 4.69) is 18.7 Å². The van der Waals surface area contributed by atoms with Gasteiger partial charge in [-0.05, 0) is 62.2 Å². The van der Waals surface area contributed by atoms with Crippen molar-refractivity contribution in [2.45, 2.75) is 78.4 Å². The van der Waals surface area contributed by atoms with Gasteiger partial charge in [-0.2, -0.15) is 0 Å². The number of ether oxygens (including phenoxy) is 1. The average Bonchev–Trinajstić information content (AvgIpc) is 2.78. The maximum absolute atomic E-state index is 11.9. The van der Waals surface area contributed by atoms with Gasteiger partial charge in [0.15, 0.2) is 0 Å². The predicted octanol–water partition coefficient (Wildman–Crippen LogP) is 4.15. The van der Waals surface area contributed by atoms with Crippen molar-refractivity contribution in [3.63, 3.8) is 0 Å². The van der Waals surface area contributed by atoms with Crippen LogP contribution in [0.1, 0.15) is 66.2 Å². The third-order valence-electron chi connectivity index (χ3n) is 6.90. The summed E-state index contributed by atoms with van der Waals surface area (Å²) in [6.07, 6.45) is 8.74. The summed E-state index contributed by atoms with van der Waals surface area (Å²) in [5, 5.41) is 0. The van der Waals surface area contributed by atoms with Crippen molar-refractivity contribution < 1.29 is 9.53 Å². The van der Waals surface area contributed by atoms with Crippen molar-refractivity contribution in [1.82, 2.24) is 4.90 Å². The van der Waals surface area contributed by atoms with Crippen molar-refractivity contribution in [1.29, 1.82) is 0 Å². The fourth-order valence-corrected chi connectivity index (χ4v) is 5.11. The Bertz CT molecular complexity index is 412. The number of fused-ring (bicyclic) bond motifs is 2. The number of piperidine rings is 1. The number of carbonyl (C=O) groups is 1. The van der Waals surface area contributed by atoms with Gasteiger partial charge < -0.3 is 4.74 Å². The lowest BCUT2D eigenvalue weighted by atomic mass is 9.74. The van der Waals surface area contributed by atoms with E-state index in [1.807, 2.05) is 13.8 Å². The zero-order chi connectivity index (χ0) is 17.3. The monoisotopic (exact) mass is 335 g/mol. The molecule has 2 aliphatic carbocycles. The highest BCUT2D eigenvalue weighted by atomic mass is 16.5. The molecule has 24 heavy (non-hydrogen) atoms. The van der Waals surface area contributed by atoms with Crippen molar-refractivity contribution in [3.05, 3.63) is 0 Å². The fraction of sp³-hybridized carbons (Fsp3) is 0.952. The van der Waals surface area contributed by atoms with Crippen LogP contribution in [0, 0.1) is 29.6 Å². The quantitative estimate of drug-likeness (QED) is 0.730. The molecule has 0 aromatic rings. The smallest absolute Gasteiger partial charge is 0.149 e. The van der Waals surface area contributed by atoms with Gasteiger partial charge in [0, 0.05) is 19.0 Å². The van der Waals surface area contributed by atoms with E-state index < -0.39 is 0 Å². The highest BCUT2D eigenvalue weighted by molar-refractivity contribution is 5.82. The number of ketones is 1. The van der Waals surface area contributed by atoms with E-state index in [4.69, 9.17) is 4.74 Å².